The van der Waals surface area contributed by atoms with Gasteiger partial charge in [0, 0.05) is 22.2 Å². The van der Waals surface area contributed by atoms with E-state index in [1.165, 1.54) is 0 Å². The summed E-state index contributed by atoms with van der Waals surface area (Å²) in [6.07, 6.45) is 4.64. The highest BCUT2D eigenvalue weighted by molar-refractivity contribution is 9.11. The molecule has 6 heteroatoms. The Morgan fingerprint density at radius 3 is 2.83 bits per heavy atom. The number of halogens is 2. The molecule has 0 amide bonds. The molecular weight excluding hydrogens is 360 g/mol. The number of hydrogen-bond acceptors (Lipinski definition) is 3. The van der Waals surface area contributed by atoms with Gasteiger partial charge in [0.1, 0.15) is 0 Å². The molecule has 18 heavy (non-hydrogen) atoms. The molecular formula is C12H14Br2N4. The van der Waals surface area contributed by atoms with Crippen molar-refractivity contribution in [3.05, 3.63) is 50.7 Å². The SMILES string of the molecule is Cn1cc(CC(NN)c2cc(Br)ccc2Br)cn1. The normalized spacial score (nSPS) is 12.7. The number of nitrogens with two attached hydrogens (primary N) is 1. The van der Waals surface area contributed by atoms with Crippen molar-refractivity contribution in [1.82, 2.24) is 15.2 Å². The molecule has 2 aromatic rings. The highest BCUT2D eigenvalue weighted by Gasteiger charge is 2.15. The molecule has 0 spiro atoms. The van der Waals surface area contributed by atoms with Gasteiger partial charge in [0.05, 0.1) is 12.2 Å². The second kappa shape index (κ2) is 5.97. The Bertz CT molecular complexity index is 539. The summed E-state index contributed by atoms with van der Waals surface area (Å²) >= 11 is 7.03. The maximum atomic E-state index is 5.67. The van der Waals surface area contributed by atoms with Gasteiger partial charge in [-0.2, -0.15) is 5.10 Å². The molecule has 0 saturated heterocycles. The Morgan fingerprint density at radius 1 is 1.44 bits per heavy atom. The van der Waals surface area contributed by atoms with Gasteiger partial charge in [0.15, 0.2) is 0 Å². The van der Waals surface area contributed by atoms with Crippen LogP contribution in [0.15, 0.2) is 39.5 Å². The van der Waals surface area contributed by atoms with Crippen LogP contribution in [-0.4, -0.2) is 9.78 Å². The minimum absolute atomic E-state index is 0.0427. The molecule has 2 rings (SSSR count). The number of rotatable bonds is 4. The number of hydrogen-bond donors (Lipinski definition) is 2. The molecule has 0 fully saturated rings. The molecule has 1 aromatic carbocycles. The molecule has 4 nitrogen and oxygen atoms in total. The number of aromatic nitrogens is 2. The lowest BCUT2D eigenvalue weighted by Gasteiger charge is -2.17. The van der Waals surface area contributed by atoms with Crippen LogP contribution in [0.4, 0.5) is 0 Å². The van der Waals surface area contributed by atoms with Crippen LogP contribution in [0, 0.1) is 0 Å². The average molecular weight is 374 g/mol. The highest BCUT2D eigenvalue weighted by Crippen LogP contribution is 2.28. The maximum Gasteiger partial charge on any atom is 0.0522 e. The van der Waals surface area contributed by atoms with Crippen molar-refractivity contribution in [3.63, 3.8) is 0 Å². The van der Waals surface area contributed by atoms with E-state index in [1.807, 2.05) is 31.6 Å². The van der Waals surface area contributed by atoms with Gasteiger partial charge in [-0.05, 0) is 35.7 Å². The van der Waals surface area contributed by atoms with E-state index in [9.17, 15) is 0 Å². The highest BCUT2D eigenvalue weighted by atomic mass is 79.9. The predicted octanol–water partition coefficient (Wildman–Crippen LogP) is 2.69. The van der Waals surface area contributed by atoms with E-state index in [0.29, 0.717) is 0 Å². The third-order valence-corrected chi connectivity index (χ3v) is 3.95. The van der Waals surface area contributed by atoms with Crippen LogP contribution in [0.3, 0.4) is 0 Å². The van der Waals surface area contributed by atoms with E-state index in [4.69, 9.17) is 5.84 Å². The maximum absolute atomic E-state index is 5.67. The van der Waals surface area contributed by atoms with Crippen molar-refractivity contribution in [1.29, 1.82) is 0 Å². The van der Waals surface area contributed by atoms with Crippen molar-refractivity contribution >= 4 is 31.9 Å². The molecule has 0 aliphatic heterocycles. The van der Waals surface area contributed by atoms with Crippen LogP contribution in [0.5, 0.6) is 0 Å². The molecule has 96 valence electrons. The third-order valence-electron chi connectivity index (χ3n) is 2.73. The zero-order valence-electron chi connectivity index (χ0n) is 9.90. The average Bonchev–Trinajstić information content (AvgIpc) is 2.75. The lowest BCUT2D eigenvalue weighted by molar-refractivity contribution is 0.549. The standard InChI is InChI=1S/C12H14Br2N4/c1-18-7-8(6-16-18)4-12(17-15)10-5-9(13)2-3-11(10)14/h2-3,5-7,12,17H,4,15H2,1H3. The number of benzene rings is 1. The van der Waals surface area contributed by atoms with E-state index in [-0.39, 0.29) is 6.04 Å². The summed E-state index contributed by atoms with van der Waals surface area (Å²) in [5.41, 5.74) is 5.12. The Balaban J connectivity index is 2.25. The second-order valence-corrected chi connectivity index (χ2v) is 5.88. The van der Waals surface area contributed by atoms with Gasteiger partial charge in [-0.25, -0.2) is 0 Å². The number of nitrogens with zero attached hydrogens (tertiary/aromatic N) is 2. The molecule has 1 heterocycles. The van der Waals surface area contributed by atoms with Gasteiger partial charge in [0.25, 0.3) is 0 Å². The smallest absolute Gasteiger partial charge is 0.0522 e. The Morgan fingerprint density at radius 2 is 2.22 bits per heavy atom. The van der Waals surface area contributed by atoms with Gasteiger partial charge in [0.2, 0.25) is 0 Å². The molecule has 1 atom stereocenters. The van der Waals surface area contributed by atoms with Crippen LogP contribution in [0.2, 0.25) is 0 Å². The minimum atomic E-state index is 0.0427. The van der Waals surface area contributed by atoms with E-state index in [2.05, 4.69) is 48.5 Å². The monoisotopic (exact) mass is 372 g/mol. The molecule has 1 aromatic heterocycles. The quantitative estimate of drug-likeness (QED) is 0.639. The molecule has 0 aliphatic rings. The van der Waals surface area contributed by atoms with E-state index >= 15 is 0 Å². The van der Waals surface area contributed by atoms with Gasteiger partial charge >= 0.3 is 0 Å². The molecule has 0 saturated carbocycles. The summed E-state index contributed by atoms with van der Waals surface area (Å²) in [6, 6.07) is 6.10. The molecule has 3 N–H and O–H groups in total. The van der Waals surface area contributed by atoms with E-state index in [0.717, 1.165) is 26.5 Å². The zero-order chi connectivity index (χ0) is 13.1. The van der Waals surface area contributed by atoms with E-state index < -0.39 is 0 Å². The van der Waals surface area contributed by atoms with Crippen molar-refractivity contribution in [2.45, 2.75) is 12.5 Å². The van der Waals surface area contributed by atoms with Crippen LogP contribution in [-0.2, 0) is 13.5 Å². The predicted molar refractivity (Wildman–Crippen MR) is 78.8 cm³/mol. The number of aryl methyl sites for hydroxylation is 1. The van der Waals surface area contributed by atoms with Crippen molar-refractivity contribution in [2.75, 3.05) is 0 Å². The Labute approximate surface area is 123 Å². The summed E-state index contributed by atoms with van der Waals surface area (Å²) in [4.78, 5) is 0. The zero-order valence-corrected chi connectivity index (χ0v) is 13.1. The number of nitrogens with one attached hydrogen (secondary N) is 1. The first-order valence-corrected chi connectivity index (χ1v) is 7.07. The summed E-state index contributed by atoms with van der Waals surface area (Å²) in [7, 11) is 1.91. The lowest BCUT2D eigenvalue weighted by atomic mass is 10.0. The first-order chi connectivity index (χ1) is 8.60. The summed E-state index contributed by atoms with van der Waals surface area (Å²) in [6.45, 7) is 0. The summed E-state index contributed by atoms with van der Waals surface area (Å²) < 4.78 is 3.86. The van der Waals surface area contributed by atoms with Crippen LogP contribution < -0.4 is 11.3 Å². The molecule has 0 bridgehead atoms. The topological polar surface area (TPSA) is 55.9 Å². The largest absolute Gasteiger partial charge is 0.276 e. The third kappa shape index (κ3) is 3.20. The second-order valence-electron chi connectivity index (χ2n) is 4.11. The first-order valence-electron chi connectivity index (χ1n) is 5.48. The van der Waals surface area contributed by atoms with Crippen molar-refractivity contribution < 1.29 is 0 Å². The van der Waals surface area contributed by atoms with Crippen LogP contribution in [0.1, 0.15) is 17.2 Å². The Hall–Kier alpha value is -0.690. The Kier molecular flexibility index (Phi) is 4.55. The van der Waals surface area contributed by atoms with Crippen LogP contribution >= 0.6 is 31.9 Å². The lowest BCUT2D eigenvalue weighted by Crippen LogP contribution is -2.29. The molecule has 0 radical (unpaired) electrons. The van der Waals surface area contributed by atoms with Gasteiger partial charge in [-0.15, -0.1) is 0 Å². The van der Waals surface area contributed by atoms with Gasteiger partial charge in [-0.3, -0.25) is 16.0 Å². The van der Waals surface area contributed by atoms with E-state index in [1.54, 1.807) is 4.68 Å². The van der Waals surface area contributed by atoms with Crippen molar-refractivity contribution in [3.8, 4) is 0 Å². The van der Waals surface area contributed by atoms with Gasteiger partial charge < -0.3 is 0 Å². The fraction of sp³-hybridized carbons (Fsp3) is 0.250. The van der Waals surface area contributed by atoms with Crippen LogP contribution in [0.25, 0.3) is 0 Å². The molecule has 0 aliphatic carbocycles. The fourth-order valence-corrected chi connectivity index (χ4v) is 2.76. The molecule has 1 unspecified atom stereocenters. The summed E-state index contributed by atoms with van der Waals surface area (Å²) in [5, 5.41) is 4.16. The van der Waals surface area contributed by atoms with Crippen molar-refractivity contribution in [2.24, 2.45) is 12.9 Å². The van der Waals surface area contributed by atoms with Gasteiger partial charge in [-0.1, -0.05) is 31.9 Å². The number of hydrazine groups is 1. The minimum Gasteiger partial charge on any atom is -0.276 e. The fourth-order valence-electron chi connectivity index (χ4n) is 1.85. The summed E-state index contributed by atoms with van der Waals surface area (Å²) in [5.74, 6) is 5.67. The first kappa shape index (κ1) is 13.7.